The first-order valence-corrected chi connectivity index (χ1v) is 6.30. The second-order valence-corrected chi connectivity index (χ2v) is 4.49. The van der Waals surface area contributed by atoms with Crippen molar-refractivity contribution in [2.75, 3.05) is 5.32 Å². The van der Waals surface area contributed by atoms with Crippen molar-refractivity contribution in [1.82, 2.24) is 9.78 Å². The molecular formula is C13H9F6N3O2. The van der Waals surface area contributed by atoms with Crippen LogP contribution >= 0.6 is 0 Å². The van der Waals surface area contributed by atoms with E-state index in [0.717, 1.165) is 18.3 Å². The van der Waals surface area contributed by atoms with Crippen LogP contribution in [0.5, 0.6) is 5.75 Å². The van der Waals surface area contributed by atoms with Gasteiger partial charge in [0.2, 0.25) is 5.91 Å². The fraction of sp³-hybridized carbons (Fsp3) is 0.231. The van der Waals surface area contributed by atoms with E-state index in [4.69, 9.17) is 0 Å². The van der Waals surface area contributed by atoms with E-state index in [1.54, 1.807) is 0 Å². The largest absolute Gasteiger partial charge is 0.573 e. The zero-order chi connectivity index (χ0) is 18.0. The summed E-state index contributed by atoms with van der Waals surface area (Å²) in [6.07, 6.45) is -8.68. The first-order chi connectivity index (χ1) is 11.0. The minimum Gasteiger partial charge on any atom is -0.404 e. The van der Waals surface area contributed by atoms with E-state index in [-0.39, 0.29) is 5.69 Å². The number of carbonyl (C=O) groups is 1. The SMILES string of the molecule is O=C(Cn1ccc(C(F)(F)F)n1)Nc1ccccc1OC(F)(F)F. The number of anilines is 1. The summed E-state index contributed by atoms with van der Waals surface area (Å²) in [5.74, 6) is -1.51. The second-order valence-electron chi connectivity index (χ2n) is 4.49. The van der Waals surface area contributed by atoms with E-state index in [2.05, 4.69) is 15.2 Å². The predicted octanol–water partition coefficient (Wildman–Crippen LogP) is 3.44. The number of nitrogens with one attached hydrogen (secondary N) is 1. The minimum absolute atomic E-state index is 0.275. The smallest absolute Gasteiger partial charge is 0.404 e. The average Bonchev–Trinajstić information content (AvgIpc) is 2.87. The fourth-order valence-corrected chi connectivity index (χ4v) is 1.72. The molecule has 1 aromatic carbocycles. The molecule has 0 aliphatic carbocycles. The first kappa shape index (κ1) is 17.6. The molecule has 1 heterocycles. The van der Waals surface area contributed by atoms with E-state index < -0.39 is 36.4 Å². The third kappa shape index (κ3) is 4.89. The Morgan fingerprint density at radius 3 is 2.38 bits per heavy atom. The number of hydrogen-bond donors (Lipinski definition) is 1. The number of amides is 1. The molecule has 0 saturated carbocycles. The number of benzene rings is 1. The molecule has 0 bridgehead atoms. The molecule has 11 heteroatoms. The highest BCUT2D eigenvalue weighted by Gasteiger charge is 2.34. The molecule has 0 spiro atoms. The maximum atomic E-state index is 12.4. The van der Waals surface area contributed by atoms with Crippen LogP contribution in [0.15, 0.2) is 36.5 Å². The van der Waals surface area contributed by atoms with Gasteiger partial charge in [-0.05, 0) is 18.2 Å². The van der Waals surface area contributed by atoms with Crippen molar-refractivity contribution < 1.29 is 35.9 Å². The van der Waals surface area contributed by atoms with Crippen molar-refractivity contribution >= 4 is 11.6 Å². The van der Waals surface area contributed by atoms with Crippen LogP contribution in [-0.2, 0) is 17.5 Å². The van der Waals surface area contributed by atoms with Crippen molar-refractivity contribution in [3.8, 4) is 5.75 Å². The summed E-state index contributed by atoms with van der Waals surface area (Å²) >= 11 is 0. The Labute approximate surface area is 130 Å². The lowest BCUT2D eigenvalue weighted by molar-refractivity contribution is -0.274. The van der Waals surface area contributed by atoms with Gasteiger partial charge in [-0.1, -0.05) is 12.1 Å². The lowest BCUT2D eigenvalue weighted by Crippen LogP contribution is -2.22. The number of rotatable bonds is 4. The van der Waals surface area contributed by atoms with Gasteiger partial charge in [0.05, 0.1) is 5.69 Å². The summed E-state index contributed by atoms with van der Waals surface area (Å²) in [5, 5.41) is 5.29. The number of aromatic nitrogens is 2. The maximum absolute atomic E-state index is 12.4. The molecule has 0 atom stereocenters. The summed E-state index contributed by atoms with van der Waals surface area (Å²) in [4.78, 5) is 11.8. The van der Waals surface area contributed by atoms with Crippen LogP contribution in [0.25, 0.3) is 0 Å². The van der Waals surface area contributed by atoms with E-state index in [9.17, 15) is 31.1 Å². The summed E-state index contributed by atoms with van der Waals surface area (Å²) in [6, 6.07) is 5.43. The Hall–Kier alpha value is -2.72. The molecule has 1 amide bonds. The highest BCUT2D eigenvalue weighted by molar-refractivity contribution is 5.92. The number of ether oxygens (including phenoxy) is 1. The zero-order valence-electron chi connectivity index (χ0n) is 11.6. The second kappa shape index (κ2) is 6.42. The van der Waals surface area contributed by atoms with E-state index in [0.29, 0.717) is 10.7 Å². The van der Waals surface area contributed by atoms with Gasteiger partial charge >= 0.3 is 12.5 Å². The standard InChI is InChI=1S/C13H9F6N3O2/c14-12(15,16)10-5-6-22(21-10)7-11(23)20-8-3-1-2-4-9(8)24-13(17,18)19/h1-6H,7H2,(H,20,23). The molecule has 0 fully saturated rings. The molecule has 0 saturated heterocycles. The van der Waals surface area contributed by atoms with Crippen molar-refractivity contribution in [3.05, 3.63) is 42.2 Å². The fourth-order valence-electron chi connectivity index (χ4n) is 1.72. The van der Waals surface area contributed by atoms with E-state index in [1.807, 2.05) is 0 Å². The van der Waals surface area contributed by atoms with Gasteiger partial charge in [-0.25, -0.2) is 0 Å². The van der Waals surface area contributed by atoms with Crippen LogP contribution in [0.3, 0.4) is 0 Å². The lowest BCUT2D eigenvalue weighted by Gasteiger charge is -2.13. The molecule has 1 aromatic heterocycles. The Morgan fingerprint density at radius 1 is 1.12 bits per heavy atom. The summed E-state index contributed by atoms with van der Waals surface area (Å²) in [5.41, 5.74) is -1.46. The molecule has 2 rings (SSSR count). The Morgan fingerprint density at radius 2 is 1.79 bits per heavy atom. The quantitative estimate of drug-likeness (QED) is 0.857. The predicted molar refractivity (Wildman–Crippen MR) is 69.0 cm³/mol. The topological polar surface area (TPSA) is 56.2 Å². The van der Waals surface area contributed by atoms with Crippen LogP contribution in [0.4, 0.5) is 32.0 Å². The number of halogens is 6. The maximum Gasteiger partial charge on any atom is 0.573 e. The van der Waals surface area contributed by atoms with Gasteiger partial charge < -0.3 is 10.1 Å². The molecule has 24 heavy (non-hydrogen) atoms. The third-order valence-corrected chi connectivity index (χ3v) is 2.62. The van der Waals surface area contributed by atoms with E-state index >= 15 is 0 Å². The number of nitrogens with zero attached hydrogens (tertiary/aromatic N) is 2. The van der Waals surface area contributed by atoms with Gasteiger partial charge in [0.1, 0.15) is 6.54 Å². The van der Waals surface area contributed by atoms with E-state index in [1.165, 1.54) is 12.1 Å². The normalized spacial score (nSPS) is 12.1. The van der Waals surface area contributed by atoms with Crippen LogP contribution in [-0.4, -0.2) is 22.1 Å². The van der Waals surface area contributed by atoms with Gasteiger partial charge in [-0.15, -0.1) is 13.2 Å². The summed E-state index contributed by atoms with van der Waals surface area (Å²) in [7, 11) is 0. The van der Waals surface area contributed by atoms with Crippen molar-refractivity contribution in [2.24, 2.45) is 0 Å². The number of hydrogen-bond acceptors (Lipinski definition) is 3. The monoisotopic (exact) mass is 353 g/mol. The van der Waals surface area contributed by atoms with Gasteiger partial charge in [0.15, 0.2) is 11.4 Å². The number of carbonyl (C=O) groups excluding carboxylic acids is 1. The Kier molecular flexibility index (Phi) is 4.71. The van der Waals surface area contributed by atoms with Crippen molar-refractivity contribution in [2.45, 2.75) is 19.1 Å². The highest BCUT2D eigenvalue weighted by Crippen LogP contribution is 2.30. The van der Waals surface area contributed by atoms with Crippen LogP contribution in [0, 0.1) is 0 Å². The first-order valence-electron chi connectivity index (χ1n) is 6.30. The molecule has 2 aromatic rings. The zero-order valence-corrected chi connectivity index (χ0v) is 11.6. The van der Waals surface area contributed by atoms with Gasteiger partial charge in [-0.2, -0.15) is 18.3 Å². The van der Waals surface area contributed by atoms with Crippen LogP contribution in [0.2, 0.25) is 0 Å². The number of alkyl halides is 6. The molecule has 5 nitrogen and oxygen atoms in total. The highest BCUT2D eigenvalue weighted by atomic mass is 19.4. The van der Waals surface area contributed by atoms with Crippen molar-refractivity contribution in [3.63, 3.8) is 0 Å². The average molecular weight is 353 g/mol. The molecule has 0 aliphatic heterocycles. The lowest BCUT2D eigenvalue weighted by atomic mass is 10.3. The molecule has 0 unspecified atom stereocenters. The molecule has 0 aliphatic rings. The molecule has 1 N–H and O–H groups in total. The Balaban J connectivity index is 2.06. The Bertz CT molecular complexity index is 723. The molecular weight excluding hydrogens is 344 g/mol. The minimum atomic E-state index is -4.95. The molecule has 0 radical (unpaired) electrons. The van der Waals surface area contributed by atoms with Gasteiger partial charge in [-0.3, -0.25) is 9.48 Å². The summed E-state index contributed by atoms with van der Waals surface area (Å²) < 4.78 is 78.4. The van der Waals surface area contributed by atoms with Crippen molar-refractivity contribution in [1.29, 1.82) is 0 Å². The third-order valence-electron chi connectivity index (χ3n) is 2.62. The number of para-hydroxylation sites is 2. The van der Waals surface area contributed by atoms with Gasteiger partial charge in [0, 0.05) is 6.20 Å². The van der Waals surface area contributed by atoms with Crippen LogP contribution in [0.1, 0.15) is 5.69 Å². The van der Waals surface area contributed by atoms with Gasteiger partial charge in [0.25, 0.3) is 0 Å². The van der Waals surface area contributed by atoms with Crippen LogP contribution < -0.4 is 10.1 Å². The molecule has 130 valence electrons. The summed E-state index contributed by atoms with van der Waals surface area (Å²) in [6.45, 7) is -0.615.